The van der Waals surface area contributed by atoms with E-state index in [0.717, 1.165) is 231 Å². The van der Waals surface area contributed by atoms with Crippen molar-refractivity contribution in [1.82, 2.24) is 39.9 Å². The number of carbonyl (C=O) groups is 4. The number of carbonyl (C=O) groups excluding carboxylic acids is 4. The van der Waals surface area contributed by atoms with Crippen molar-refractivity contribution in [3.05, 3.63) is 440 Å². The summed E-state index contributed by atoms with van der Waals surface area (Å²) >= 11 is 0. The predicted octanol–water partition coefficient (Wildman–Crippen LogP) is 21.5. The van der Waals surface area contributed by atoms with Crippen LogP contribution >= 0.6 is 0 Å². The molecule has 4 amide bonds. The molecule has 20 nitrogen and oxygen atoms in total. The largest absolute Gasteiger partial charge is 0.399 e. The number of hydrogen-bond donors (Lipinski definition) is 8. The summed E-state index contributed by atoms with van der Waals surface area (Å²) in [6.45, 7) is 0. The molecule has 692 valence electrons. The van der Waals surface area contributed by atoms with Crippen LogP contribution in [0.15, 0.2) is 328 Å². The fourth-order valence-electron chi connectivity index (χ4n) is 18.6. The number of amides is 4. The molecule has 4 heterocycles. The quantitative estimate of drug-likeness (QED) is 0.0222. The maximum Gasteiger partial charge on any atom is 0.229 e. The molecule has 0 atom stereocenters. The minimum Gasteiger partial charge on any atom is -0.399 e. The van der Waals surface area contributed by atoms with Gasteiger partial charge in [-0.1, -0.05) is 279 Å². The Labute approximate surface area is 811 Å². The number of hydrogen-bond acceptors (Lipinski definition) is 16. The molecule has 0 fully saturated rings. The van der Waals surface area contributed by atoms with Crippen LogP contribution in [0.3, 0.4) is 0 Å². The molecule has 0 saturated carbocycles. The number of aryl methyl sites for hydroxylation is 18. The van der Waals surface area contributed by atoms with E-state index in [1.54, 1.807) is 0 Å². The van der Waals surface area contributed by atoms with E-state index in [9.17, 15) is 19.2 Å². The van der Waals surface area contributed by atoms with Crippen molar-refractivity contribution in [2.75, 3.05) is 44.2 Å². The number of fused-ring (bicyclic) bond motifs is 13. The fourth-order valence-corrected chi connectivity index (χ4v) is 18.6. The summed E-state index contributed by atoms with van der Waals surface area (Å²) in [5.74, 6) is 2.11. The Morgan fingerprint density at radius 1 is 0.223 bits per heavy atom. The van der Waals surface area contributed by atoms with Crippen molar-refractivity contribution in [2.45, 2.75) is 148 Å². The van der Waals surface area contributed by atoms with Crippen molar-refractivity contribution in [3.63, 3.8) is 0 Å². The highest BCUT2D eigenvalue weighted by Gasteiger charge is 2.29. The Bertz CT molecular complexity index is 7240. The summed E-state index contributed by atoms with van der Waals surface area (Å²) in [5.41, 5.74) is 56.1. The highest BCUT2D eigenvalue weighted by molar-refractivity contribution is 5.95. The Hall–Kier alpha value is -16.5. The number of nitrogen functional groups attached to an aromatic ring is 4. The molecule has 4 aromatic heterocycles. The highest BCUT2D eigenvalue weighted by Crippen LogP contribution is 2.40. The second kappa shape index (κ2) is 44.8. The molecule has 0 spiro atoms. The van der Waals surface area contributed by atoms with Gasteiger partial charge in [0.25, 0.3) is 0 Å². The van der Waals surface area contributed by atoms with E-state index in [-0.39, 0.29) is 30.0 Å². The SMILES string of the molecule is Nc1ccc2c(c1)CCc1nc(NC(=O)CCCc3ccccc3)c(CCc3ccccc3)nc1-2.Nc1ccc2c(c1)CCc1nc(NC(=O)CCc3ccccc3)c(CCc3ccccc3)nc1-2.Nc1ccc2c(c1)CCc1nc(NC(=O)Cc3ccc4ccccc4c3)c(CCc3ccccc3)nc1-2.Nc1ccc2c(c1)CCc1nc(NC(=O)Cc3ccccc3)c(CCc3ccccc3)nc1-2. The van der Waals surface area contributed by atoms with Crippen LogP contribution in [0.4, 0.5) is 46.0 Å². The molecule has 0 unspecified atom stereocenters. The first kappa shape index (κ1) is 92.9. The van der Waals surface area contributed by atoms with Crippen molar-refractivity contribution in [1.29, 1.82) is 0 Å². The van der Waals surface area contributed by atoms with Gasteiger partial charge in [-0.15, -0.1) is 0 Å². The van der Waals surface area contributed by atoms with Gasteiger partial charge in [-0.05, 0) is 248 Å². The molecule has 12 N–H and O–H groups in total. The third-order valence-corrected chi connectivity index (χ3v) is 25.8. The van der Waals surface area contributed by atoms with E-state index in [1.165, 1.54) is 50.1 Å². The molecule has 17 aromatic rings. The van der Waals surface area contributed by atoms with Gasteiger partial charge in [-0.25, -0.2) is 39.9 Å². The summed E-state index contributed by atoms with van der Waals surface area (Å²) in [4.78, 5) is 91.6. The number of benzene rings is 13. The van der Waals surface area contributed by atoms with E-state index in [1.807, 2.05) is 243 Å². The monoisotopic (exact) mass is 1830 g/mol. The lowest BCUT2D eigenvalue weighted by atomic mass is 9.91. The first-order valence-corrected chi connectivity index (χ1v) is 48.2. The number of nitrogens with one attached hydrogen (secondary N) is 4. The van der Waals surface area contributed by atoms with E-state index >= 15 is 0 Å². The average molecular weight is 1830 g/mol. The first-order chi connectivity index (χ1) is 68.1. The van der Waals surface area contributed by atoms with Gasteiger partial charge in [-0.3, -0.25) is 19.2 Å². The Morgan fingerprint density at radius 3 is 0.813 bits per heavy atom. The van der Waals surface area contributed by atoms with Gasteiger partial charge in [0.2, 0.25) is 23.6 Å². The van der Waals surface area contributed by atoms with Crippen LogP contribution in [-0.2, 0) is 148 Å². The zero-order chi connectivity index (χ0) is 95.2. The maximum absolute atomic E-state index is 13.2. The lowest BCUT2D eigenvalue weighted by Crippen LogP contribution is -2.20. The molecule has 0 aliphatic heterocycles. The minimum absolute atomic E-state index is 0.0138. The molecule has 0 saturated heterocycles. The Balaban J connectivity index is 0.000000123. The maximum atomic E-state index is 13.2. The number of nitrogens with two attached hydrogens (primary N) is 4. The summed E-state index contributed by atoms with van der Waals surface area (Å²) < 4.78 is 0. The Kier molecular flexibility index (Phi) is 29.9. The molecule has 4 aliphatic rings. The van der Waals surface area contributed by atoms with Gasteiger partial charge < -0.3 is 44.2 Å². The molecule has 0 bridgehead atoms. The van der Waals surface area contributed by atoms with E-state index in [2.05, 4.69) is 106 Å². The summed E-state index contributed by atoms with van der Waals surface area (Å²) in [7, 11) is 0. The first-order valence-electron chi connectivity index (χ1n) is 48.2. The van der Waals surface area contributed by atoms with Crippen LogP contribution in [-0.4, -0.2) is 63.5 Å². The lowest BCUT2D eigenvalue weighted by Gasteiger charge is -2.21. The van der Waals surface area contributed by atoms with Gasteiger partial charge >= 0.3 is 0 Å². The molecule has 13 aromatic carbocycles. The van der Waals surface area contributed by atoms with Crippen LogP contribution in [0.5, 0.6) is 0 Å². The number of nitrogens with zero attached hydrogens (tertiary/aromatic N) is 8. The smallest absolute Gasteiger partial charge is 0.229 e. The van der Waals surface area contributed by atoms with Crippen LogP contribution in [0.25, 0.3) is 55.8 Å². The van der Waals surface area contributed by atoms with Crippen LogP contribution in [0.1, 0.15) is 132 Å². The molecular formula is C119H112N16O4. The van der Waals surface area contributed by atoms with Gasteiger partial charge in [0.15, 0.2) is 23.3 Å². The van der Waals surface area contributed by atoms with Gasteiger partial charge in [-0.2, -0.15) is 0 Å². The topological polar surface area (TPSA) is 324 Å². The normalized spacial score (nSPS) is 12.0. The lowest BCUT2D eigenvalue weighted by molar-refractivity contribution is -0.117. The minimum atomic E-state index is -0.0884. The Morgan fingerprint density at radius 2 is 0.489 bits per heavy atom. The van der Waals surface area contributed by atoms with Crippen molar-refractivity contribution >= 4 is 80.4 Å². The average Bonchev–Trinajstić information content (AvgIpc) is 0.782. The zero-order valence-electron chi connectivity index (χ0n) is 78.0. The second-order valence-electron chi connectivity index (χ2n) is 35.9. The number of rotatable bonds is 27. The fraction of sp³-hybridized carbons (Fsp3) is 0.193. The molecular weight excluding hydrogens is 1720 g/mol. The van der Waals surface area contributed by atoms with E-state index < -0.39 is 0 Å². The third-order valence-electron chi connectivity index (χ3n) is 25.8. The van der Waals surface area contributed by atoms with Crippen LogP contribution in [0, 0.1) is 0 Å². The van der Waals surface area contributed by atoms with E-state index in [0.29, 0.717) is 74.6 Å². The molecule has 4 aliphatic carbocycles. The standard InChI is InChI=1S/C32H28N4O.C30H30N4O.C29H28N4O.C28H26N4O/c33-26-14-15-27-25(20-26)13-17-28-31(27)34-29(16-11-21-6-2-1-3-7-21)32(35-28)36-30(37)19-22-10-12-23-8-4-5-9-24(23)18-22;31-24-16-17-25-23(20-24)15-19-26-29(25)32-27(18-14-22-10-5-2-6-11-22)30(33-26)34-28(35)13-7-12-21-8-3-1-4-9-21;30-23-14-15-24-22(19-23)13-17-25-28(24)31-26(16-11-20-7-3-1-4-8-20)29(32-25)33-27(34)18-12-21-9-5-2-6-10-21;29-22-13-14-23-21(18-22)12-16-24-27(23)30-25(15-11-19-7-3-1-4-8-19)28(31-24)32-26(33)17-20-9-5-2-6-10-20/h1-10,12,14-15,18,20H,11,13,16-17,19,33H2,(H,35,36,37);1-6,8-11,16-17,20H,7,12-15,18-19,31H2,(H,33,34,35);1-10,14-15,19H,11-13,16-18,30H2,(H,32,33,34);1-10,13-14,18H,11-12,15-17,29H2,(H,31,32,33). The van der Waals surface area contributed by atoms with Crippen LogP contribution in [0.2, 0.25) is 0 Å². The third kappa shape index (κ3) is 24.4. The molecule has 21 rings (SSSR count). The highest BCUT2D eigenvalue weighted by atomic mass is 16.2. The van der Waals surface area contributed by atoms with Gasteiger partial charge in [0, 0.05) is 57.8 Å². The van der Waals surface area contributed by atoms with Crippen LogP contribution < -0.4 is 44.2 Å². The summed E-state index contributed by atoms with van der Waals surface area (Å²) in [5, 5.41) is 14.6. The second-order valence-corrected chi connectivity index (χ2v) is 35.9. The van der Waals surface area contributed by atoms with Crippen molar-refractivity contribution in [2.24, 2.45) is 0 Å². The number of anilines is 8. The summed E-state index contributed by atoms with van der Waals surface area (Å²) in [6.07, 6.45) is 16.5. The zero-order valence-corrected chi connectivity index (χ0v) is 78.0. The molecule has 0 radical (unpaired) electrons. The summed E-state index contributed by atoms with van der Waals surface area (Å²) in [6, 6.07) is 110. The van der Waals surface area contributed by atoms with Crippen molar-refractivity contribution < 1.29 is 19.2 Å². The van der Waals surface area contributed by atoms with Gasteiger partial charge in [0.05, 0.1) is 81.2 Å². The van der Waals surface area contributed by atoms with E-state index in [4.69, 9.17) is 62.8 Å². The van der Waals surface area contributed by atoms with Crippen molar-refractivity contribution in [3.8, 4) is 45.0 Å². The predicted molar refractivity (Wildman–Crippen MR) is 559 cm³/mol. The number of aromatic nitrogens is 8. The van der Waals surface area contributed by atoms with Gasteiger partial charge in [0.1, 0.15) is 0 Å². The molecule has 20 heteroatoms. The molecule has 139 heavy (non-hydrogen) atoms.